The van der Waals surface area contributed by atoms with Gasteiger partial charge >= 0.3 is 0 Å². The van der Waals surface area contributed by atoms with Crippen molar-refractivity contribution in [3.8, 4) is 0 Å². The molecule has 0 aromatic rings. The van der Waals surface area contributed by atoms with Crippen LogP contribution >= 0.6 is 0 Å². The van der Waals surface area contributed by atoms with Crippen LogP contribution < -0.4 is 5.32 Å². The molecule has 1 rings (SSSR count). The Morgan fingerprint density at radius 2 is 2.12 bits per heavy atom. The molecule has 1 aliphatic heterocycles. The molecule has 1 fully saturated rings. The molecule has 0 aromatic carbocycles. The highest BCUT2D eigenvalue weighted by Gasteiger charge is 2.27. The van der Waals surface area contributed by atoms with E-state index < -0.39 is 0 Å². The minimum absolute atomic E-state index is 0.348. The average molecular weight is 228 g/mol. The number of morpholine rings is 1. The Labute approximate surface area is 101 Å². The Balaban J connectivity index is 2.43. The number of ether oxygens (including phenoxy) is 1. The van der Waals surface area contributed by atoms with Gasteiger partial charge in [-0.05, 0) is 18.4 Å². The number of hydrogen-bond donors (Lipinski definition) is 1. The average Bonchev–Trinajstić information content (AvgIpc) is 2.27. The Morgan fingerprint density at radius 1 is 1.38 bits per heavy atom. The van der Waals surface area contributed by atoms with Crippen molar-refractivity contribution in [2.24, 2.45) is 5.41 Å². The van der Waals surface area contributed by atoms with Crippen molar-refractivity contribution in [3.05, 3.63) is 0 Å². The molecule has 1 N–H and O–H groups in total. The van der Waals surface area contributed by atoms with Crippen LogP contribution in [0.1, 0.15) is 34.1 Å². The summed E-state index contributed by atoms with van der Waals surface area (Å²) < 4.78 is 5.54. The molecule has 0 saturated carbocycles. The monoisotopic (exact) mass is 228 g/mol. The van der Waals surface area contributed by atoms with Gasteiger partial charge < -0.3 is 10.1 Å². The summed E-state index contributed by atoms with van der Waals surface area (Å²) in [5, 5.41) is 3.45. The lowest BCUT2D eigenvalue weighted by molar-refractivity contribution is -0.0236. The molecule has 1 aliphatic rings. The Morgan fingerprint density at radius 3 is 2.75 bits per heavy atom. The second-order valence-corrected chi connectivity index (χ2v) is 5.55. The SMILES string of the molecule is CCNCC(C)(C)CN1CCOCC1CC. The lowest BCUT2D eigenvalue weighted by Gasteiger charge is -2.40. The molecule has 0 radical (unpaired) electrons. The van der Waals surface area contributed by atoms with E-state index in [2.05, 4.69) is 37.9 Å². The summed E-state index contributed by atoms with van der Waals surface area (Å²) in [6.07, 6.45) is 1.19. The fraction of sp³-hybridized carbons (Fsp3) is 1.00. The molecule has 1 heterocycles. The van der Waals surface area contributed by atoms with Gasteiger partial charge in [0.05, 0.1) is 13.2 Å². The highest BCUT2D eigenvalue weighted by Crippen LogP contribution is 2.20. The predicted octanol–water partition coefficient (Wildman–Crippen LogP) is 1.73. The van der Waals surface area contributed by atoms with Crippen molar-refractivity contribution in [2.45, 2.75) is 40.2 Å². The molecule has 3 heteroatoms. The molecule has 1 atom stereocenters. The number of nitrogens with one attached hydrogen (secondary N) is 1. The van der Waals surface area contributed by atoms with Crippen LogP contribution in [0.4, 0.5) is 0 Å². The zero-order valence-corrected chi connectivity index (χ0v) is 11.4. The van der Waals surface area contributed by atoms with Crippen LogP contribution in [0.5, 0.6) is 0 Å². The molecule has 0 bridgehead atoms. The zero-order chi connectivity index (χ0) is 12.0. The first-order valence-electron chi connectivity index (χ1n) is 6.61. The Kier molecular flexibility index (Phi) is 5.73. The number of rotatable bonds is 6. The molecule has 0 amide bonds. The summed E-state index contributed by atoms with van der Waals surface area (Å²) in [7, 11) is 0. The Hall–Kier alpha value is -0.120. The fourth-order valence-corrected chi connectivity index (χ4v) is 2.34. The van der Waals surface area contributed by atoms with E-state index in [1.807, 2.05) is 0 Å². The largest absolute Gasteiger partial charge is 0.378 e. The smallest absolute Gasteiger partial charge is 0.0622 e. The van der Waals surface area contributed by atoms with Crippen molar-refractivity contribution < 1.29 is 4.74 Å². The van der Waals surface area contributed by atoms with Gasteiger partial charge in [-0.3, -0.25) is 4.90 Å². The maximum absolute atomic E-state index is 5.54. The standard InChI is InChI=1S/C13H28N2O/c1-5-12-9-16-8-7-15(12)11-13(3,4)10-14-6-2/h12,14H,5-11H2,1-4H3. The molecule has 96 valence electrons. The molecule has 0 aliphatic carbocycles. The second kappa shape index (κ2) is 6.58. The molecule has 1 saturated heterocycles. The first-order chi connectivity index (χ1) is 7.59. The lowest BCUT2D eigenvalue weighted by atomic mass is 9.91. The molecular formula is C13H28N2O. The molecule has 1 unspecified atom stereocenters. The third-order valence-corrected chi connectivity index (χ3v) is 3.31. The van der Waals surface area contributed by atoms with Crippen LogP contribution in [-0.2, 0) is 4.74 Å². The van der Waals surface area contributed by atoms with Crippen LogP contribution in [-0.4, -0.2) is 50.3 Å². The van der Waals surface area contributed by atoms with Gasteiger partial charge in [0.2, 0.25) is 0 Å². The molecule has 3 nitrogen and oxygen atoms in total. The van der Waals surface area contributed by atoms with Gasteiger partial charge in [0, 0.05) is 25.7 Å². The predicted molar refractivity (Wildman–Crippen MR) is 68.8 cm³/mol. The van der Waals surface area contributed by atoms with Gasteiger partial charge in [0.15, 0.2) is 0 Å². The highest BCUT2D eigenvalue weighted by molar-refractivity contribution is 4.81. The minimum atomic E-state index is 0.348. The van der Waals surface area contributed by atoms with Gasteiger partial charge in [-0.1, -0.05) is 27.7 Å². The topological polar surface area (TPSA) is 24.5 Å². The van der Waals surface area contributed by atoms with Crippen LogP contribution in [0.3, 0.4) is 0 Å². The summed E-state index contributed by atoms with van der Waals surface area (Å²) in [4.78, 5) is 2.60. The van der Waals surface area contributed by atoms with Gasteiger partial charge in [0.25, 0.3) is 0 Å². The summed E-state index contributed by atoms with van der Waals surface area (Å²) >= 11 is 0. The van der Waals surface area contributed by atoms with Gasteiger partial charge in [-0.2, -0.15) is 0 Å². The zero-order valence-electron chi connectivity index (χ0n) is 11.4. The molecular weight excluding hydrogens is 200 g/mol. The van der Waals surface area contributed by atoms with Gasteiger partial charge in [-0.15, -0.1) is 0 Å². The van der Waals surface area contributed by atoms with Crippen molar-refractivity contribution in [2.75, 3.05) is 39.4 Å². The minimum Gasteiger partial charge on any atom is -0.378 e. The van der Waals surface area contributed by atoms with E-state index in [4.69, 9.17) is 4.74 Å². The first-order valence-corrected chi connectivity index (χ1v) is 6.61. The van der Waals surface area contributed by atoms with E-state index in [1.165, 1.54) is 13.0 Å². The summed E-state index contributed by atoms with van der Waals surface area (Å²) in [6, 6.07) is 0.620. The normalized spacial score (nSPS) is 23.6. The van der Waals surface area contributed by atoms with E-state index >= 15 is 0 Å². The summed E-state index contributed by atoms with van der Waals surface area (Å²) in [6.45, 7) is 15.3. The van der Waals surface area contributed by atoms with E-state index in [0.29, 0.717) is 11.5 Å². The molecule has 0 spiro atoms. The highest BCUT2D eigenvalue weighted by atomic mass is 16.5. The number of nitrogens with zero attached hydrogens (tertiary/aromatic N) is 1. The van der Waals surface area contributed by atoms with Gasteiger partial charge in [-0.25, -0.2) is 0 Å². The van der Waals surface area contributed by atoms with Gasteiger partial charge in [0.1, 0.15) is 0 Å². The quantitative estimate of drug-likeness (QED) is 0.749. The van der Waals surface area contributed by atoms with E-state index in [0.717, 1.165) is 32.8 Å². The van der Waals surface area contributed by atoms with Crippen molar-refractivity contribution in [3.63, 3.8) is 0 Å². The third-order valence-electron chi connectivity index (χ3n) is 3.31. The van der Waals surface area contributed by atoms with Crippen molar-refractivity contribution in [1.82, 2.24) is 10.2 Å². The van der Waals surface area contributed by atoms with Crippen LogP contribution in [0.2, 0.25) is 0 Å². The van der Waals surface area contributed by atoms with Crippen LogP contribution in [0.25, 0.3) is 0 Å². The Bertz CT molecular complexity index is 194. The van der Waals surface area contributed by atoms with Crippen LogP contribution in [0, 0.1) is 5.41 Å². The molecule has 16 heavy (non-hydrogen) atoms. The lowest BCUT2D eigenvalue weighted by Crippen LogP contribution is -2.50. The summed E-state index contributed by atoms with van der Waals surface area (Å²) in [5.41, 5.74) is 0.348. The van der Waals surface area contributed by atoms with Crippen molar-refractivity contribution in [1.29, 1.82) is 0 Å². The van der Waals surface area contributed by atoms with E-state index in [9.17, 15) is 0 Å². The van der Waals surface area contributed by atoms with Crippen LogP contribution in [0.15, 0.2) is 0 Å². The van der Waals surface area contributed by atoms with E-state index in [-0.39, 0.29) is 0 Å². The van der Waals surface area contributed by atoms with E-state index in [1.54, 1.807) is 0 Å². The maximum atomic E-state index is 5.54. The fourth-order valence-electron chi connectivity index (χ4n) is 2.34. The summed E-state index contributed by atoms with van der Waals surface area (Å²) in [5.74, 6) is 0. The second-order valence-electron chi connectivity index (χ2n) is 5.55. The number of hydrogen-bond acceptors (Lipinski definition) is 3. The molecule has 0 aromatic heterocycles. The third kappa shape index (κ3) is 4.40. The maximum Gasteiger partial charge on any atom is 0.0622 e. The first kappa shape index (κ1) is 13.9. The van der Waals surface area contributed by atoms with Crippen molar-refractivity contribution >= 4 is 0 Å².